The van der Waals surface area contributed by atoms with Crippen molar-refractivity contribution in [3.8, 4) is 6.07 Å². The summed E-state index contributed by atoms with van der Waals surface area (Å²) in [6, 6.07) is 2.12. The molecular formula is C14H18N6O. The number of hydrogen-bond donors (Lipinski definition) is 1. The van der Waals surface area contributed by atoms with E-state index < -0.39 is 0 Å². The smallest absolute Gasteiger partial charge is 0.163 e. The normalized spacial score (nSPS) is 18.9. The second kappa shape index (κ2) is 6.06. The molecule has 1 aliphatic heterocycles. The summed E-state index contributed by atoms with van der Waals surface area (Å²) >= 11 is 0. The Hall–Kier alpha value is -2.20. The SMILES string of the molecule is N#CCCn1ncc2c(N3CCC[C@@H](CO)C3)ncnc21. The molecule has 21 heavy (non-hydrogen) atoms. The van der Waals surface area contributed by atoms with E-state index in [1.807, 2.05) is 0 Å². The molecule has 0 spiro atoms. The molecule has 2 aromatic heterocycles. The fourth-order valence-electron chi connectivity index (χ4n) is 2.86. The predicted molar refractivity (Wildman–Crippen MR) is 77.6 cm³/mol. The molecule has 0 aromatic carbocycles. The zero-order valence-electron chi connectivity index (χ0n) is 11.8. The first kappa shape index (κ1) is 13.8. The van der Waals surface area contributed by atoms with Crippen molar-refractivity contribution in [1.29, 1.82) is 5.26 Å². The Morgan fingerprint density at radius 1 is 1.43 bits per heavy atom. The molecule has 1 saturated heterocycles. The van der Waals surface area contributed by atoms with Gasteiger partial charge in [-0.1, -0.05) is 0 Å². The Morgan fingerprint density at radius 3 is 3.14 bits per heavy atom. The van der Waals surface area contributed by atoms with Crippen LogP contribution in [0.25, 0.3) is 11.0 Å². The second-order valence-corrected chi connectivity index (χ2v) is 5.35. The summed E-state index contributed by atoms with van der Waals surface area (Å²) < 4.78 is 1.75. The first-order valence-corrected chi connectivity index (χ1v) is 7.22. The van der Waals surface area contributed by atoms with E-state index in [-0.39, 0.29) is 6.61 Å². The summed E-state index contributed by atoms with van der Waals surface area (Å²) in [6.45, 7) is 2.50. The van der Waals surface area contributed by atoms with Crippen molar-refractivity contribution in [1.82, 2.24) is 19.7 Å². The van der Waals surface area contributed by atoms with Crippen LogP contribution in [-0.2, 0) is 6.54 Å². The Bertz CT molecular complexity index is 661. The monoisotopic (exact) mass is 286 g/mol. The molecule has 2 aromatic rings. The Balaban J connectivity index is 1.92. The molecule has 3 heterocycles. The highest BCUT2D eigenvalue weighted by Gasteiger charge is 2.22. The van der Waals surface area contributed by atoms with Gasteiger partial charge in [-0.25, -0.2) is 14.6 Å². The molecule has 0 amide bonds. The van der Waals surface area contributed by atoms with E-state index in [9.17, 15) is 5.11 Å². The third-order valence-electron chi connectivity index (χ3n) is 3.92. The van der Waals surface area contributed by atoms with Crippen LogP contribution in [0, 0.1) is 17.2 Å². The van der Waals surface area contributed by atoms with E-state index in [0.29, 0.717) is 18.9 Å². The Labute approximate surface area is 122 Å². The number of aryl methyl sites for hydroxylation is 1. The van der Waals surface area contributed by atoms with Gasteiger partial charge >= 0.3 is 0 Å². The van der Waals surface area contributed by atoms with Crippen molar-refractivity contribution in [2.24, 2.45) is 5.92 Å². The van der Waals surface area contributed by atoms with Gasteiger partial charge in [0.2, 0.25) is 0 Å². The zero-order chi connectivity index (χ0) is 14.7. The summed E-state index contributed by atoms with van der Waals surface area (Å²) in [4.78, 5) is 10.9. The number of piperidine rings is 1. The number of nitriles is 1. The number of fused-ring (bicyclic) bond motifs is 1. The van der Waals surface area contributed by atoms with Gasteiger partial charge in [-0.05, 0) is 18.8 Å². The van der Waals surface area contributed by atoms with E-state index in [4.69, 9.17) is 5.26 Å². The van der Waals surface area contributed by atoms with E-state index >= 15 is 0 Å². The second-order valence-electron chi connectivity index (χ2n) is 5.35. The maximum absolute atomic E-state index is 9.36. The van der Waals surface area contributed by atoms with Crippen molar-refractivity contribution in [3.63, 3.8) is 0 Å². The van der Waals surface area contributed by atoms with Crippen molar-refractivity contribution >= 4 is 16.9 Å². The molecule has 3 rings (SSSR count). The van der Waals surface area contributed by atoms with E-state index in [1.165, 1.54) is 0 Å². The van der Waals surface area contributed by atoms with Crippen molar-refractivity contribution < 1.29 is 5.11 Å². The van der Waals surface area contributed by atoms with Crippen LogP contribution in [0.2, 0.25) is 0 Å². The topological polar surface area (TPSA) is 90.9 Å². The lowest BCUT2D eigenvalue weighted by molar-refractivity contribution is 0.208. The van der Waals surface area contributed by atoms with Crippen LogP contribution in [0.15, 0.2) is 12.5 Å². The van der Waals surface area contributed by atoms with Crippen LogP contribution in [0.5, 0.6) is 0 Å². The summed E-state index contributed by atoms with van der Waals surface area (Å²) in [5, 5.41) is 23.3. The van der Waals surface area contributed by atoms with Gasteiger partial charge in [-0.2, -0.15) is 10.4 Å². The van der Waals surface area contributed by atoms with Gasteiger partial charge in [-0.3, -0.25) is 0 Å². The van der Waals surface area contributed by atoms with Crippen LogP contribution in [0.4, 0.5) is 5.82 Å². The molecule has 1 fully saturated rings. The van der Waals surface area contributed by atoms with E-state index in [1.54, 1.807) is 17.2 Å². The predicted octanol–water partition coefficient (Wildman–Crippen LogP) is 0.949. The first-order chi connectivity index (χ1) is 10.3. The number of nitrogens with zero attached hydrogens (tertiary/aromatic N) is 6. The molecule has 1 atom stereocenters. The van der Waals surface area contributed by atoms with Crippen LogP contribution >= 0.6 is 0 Å². The molecule has 0 saturated carbocycles. The minimum absolute atomic E-state index is 0.214. The number of rotatable bonds is 4. The molecular weight excluding hydrogens is 268 g/mol. The largest absolute Gasteiger partial charge is 0.396 e. The minimum Gasteiger partial charge on any atom is -0.396 e. The number of aliphatic hydroxyl groups excluding tert-OH is 1. The fraction of sp³-hybridized carbons (Fsp3) is 0.571. The third kappa shape index (κ3) is 2.67. The van der Waals surface area contributed by atoms with Crippen molar-refractivity contribution in [2.45, 2.75) is 25.8 Å². The van der Waals surface area contributed by atoms with Gasteiger partial charge in [0.1, 0.15) is 12.1 Å². The lowest BCUT2D eigenvalue weighted by Gasteiger charge is -2.32. The summed E-state index contributed by atoms with van der Waals surface area (Å²) in [6.07, 6.45) is 5.84. The van der Waals surface area contributed by atoms with Crippen molar-refractivity contribution in [2.75, 3.05) is 24.6 Å². The molecule has 0 aliphatic carbocycles. The summed E-state index contributed by atoms with van der Waals surface area (Å²) in [7, 11) is 0. The van der Waals surface area contributed by atoms with E-state index in [0.717, 1.165) is 42.8 Å². The van der Waals surface area contributed by atoms with Crippen LogP contribution in [0.3, 0.4) is 0 Å². The van der Waals surface area contributed by atoms with Gasteiger partial charge in [0.15, 0.2) is 5.65 Å². The molecule has 0 bridgehead atoms. The van der Waals surface area contributed by atoms with Gasteiger partial charge < -0.3 is 10.0 Å². The number of anilines is 1. The lowest BCUT2D eigenvalue weighted by Crippen LogP contribution is -2.37. The maximum Gasteiger partial charge on any atom is 0.163 e. The van der Waals surface area contributed by atoms with Crippen molar-refractivity contribution in [3.05, 3.63) is 12.5 Å². The average molecular weight is 286 g/mol. The highest BCUT2D eigenvalue weighted by atomic mass is 16.3. The van der Waals surface area contributed by atoms with Gasteiger partial charge in [0.05, 0.1) is 30.6 Å². The fourth-order valence-corrected chi connectivity index (χ4v) is 2.86. The number of aromatic nitrogens is 4. The summed E-state index contributed by atoms with van der Waals surface area (Å²) in [5.41, 5.74) is 0.765. The Morgan fingerprint density at radius 2 is 2.33 bits per heavy atom. The Kier molecular flexibility index (Phi) is 3.97. The van der Waals surface area contributed by atoms with Crippen LogP contribution < -0.4 is 4.90 Å². The quantitative estimate of drug-likeness (QED) is 0.899. The molecule has 0 unspecified atom stereocenters. The van der Waals surface area contributed by atoms with Crippen LogP contribution in [-0.4, -0.2) is 44.6 Å². The standard InChI is InChI=1S/C14H18N6O/c15-4-2-6-20-14-12(7-18-20)13(16-10-17-14)19-5-1-3-11(8-19)9-21/h7,10-11,21H,1-3,5-6,8-9H2/t11-/m1/s1. The maximum atomic E-state index is 9.36. The third-order valence-corrected chi connectivity index (χ3v) is 3.92. The lowest BCUT2D eigenvalue weighted by atomic mass is 9.99. The van der Waals surface area contributed by atoms with Gasteiger partial charge in [0.25, 0.3) is 0 Å². The van der Waals surface area contributed by atoms with Gasteiger partial charge in [-0.15, -0.1) is 0 Å². The molecule has 7 nitrogen and oxygen atoms in total. The first-order valence-electron chi connectivity index (χ1n) is 7.22. The van der Waals surface area contributed by atoms with Gasteiger partial charge in [0, 0.05) is 19.7 Å². The molecule has 110 valence electrons. The van der Waals surface area contributed by atoms with Crippen LogP contribution in [0.1, 0.15) is 19.3 Å². The molecule has 0 radical (unpaired) electrons. The zero-order valence-corrected chi connectivity index (χ0v) is 11.8. The molecule has 1 aliphatic rings. The molecule has 1 N–H and O–H groups in total. The number of hydrogen-bond acceptors (Lipinski definition) is 6. The highest BCUT2D eigenvalue weighted by Crippen LogP contribution is 2.27. The highest BCUT2D eigenvalue weighted by molar-refractivity contribution is 5.86. The van der Waals surface area contributed by atoms with E-state index in [2.05, 4.69) is 26.0 Å². The molecule has 7 heteroatoms. The minimum atomic E-state index is 0.214. The average Bonchev–Trinajstić information content (AvgIpc) is 2.96. The summed E-state index contributed by atoms with van der Waals surface area (Å²) in [5.74, 6) is 1.18. The number of aliphatic hydroxyl groups is 1.